The van der Waals surface area contributed by atoms with E-state index < -0.39 is 6.04 Å². The van der Waals surface area contributed by atoms with Gasteiger partial charge in [-0.25, -0.2) is 0 Å². The molecule has 6 nitrogen and oxygen atoms in total. The van der Waals surface area contributed by atoms with Gasteiger partial charge in [-0.05, 0) is 31.6 Å². The Hall–Kier alpha value is -1.59. The van der Waals surface area contributed by atoms with Gasteiger partial charge in [0.2, 0.25) is 17.7 Å². The smallest absolute Gasteiger partial charge is 0.245 e. The van der Waals surface area contributed by atoms with Crippen LogP contribution in [0, 0.1) is 11.8 Å². The highest BCUT2D eigenvalue weighted by atomic mass is 16.2. The number of rotatable bonds is 4. The number of nitrogens with one attached hydrogen (secondary N) is 1. The topological polar surface area (TPSA) is 69.7 Å². The Labute approximate surface area is 151 Å². The van der Waals surface area contributed by atoms with Crippen molar-refractivity contribution in [2.75, 3.05) is 26.2 Å². The number of nitrogens with zero attached hydrogens (tertiary/aromatic N) is 2. The summed E-state index contributed by atoms with van der Waals surface area (Å²) < 4.78 is 0. The first-order chi connectivity index (χ1) is 11.9. The quantitative estimate of drug-likeness (QED) is 0.839. The van der Waals surface area contributed by atoms with Crippen LogP contribution >= 0.6 is 0 Å². The Morgan fingerprint density at radius 1 is 0.880 bits per heavy atom. The lowest BCUT2D eigenvalue weighted by Crippen LogP contribution is -2.53. The molecule has 25 heavy (non-hydrogen) atoms. The lowest BCUT2D eigenvalue weighted by molar-refractivity contribution is -0.142. The molecular formula is C19H33N3O3. The third-order valence-electron chi connectivity index (χ3n) is 5.37. The van der Waals surface area contributed by atoms with E-state index in [1.165, 1.54) is 19.8 Å². The second-order valence-electron chi connectivity index (χ2n) is 7.76. The lowest BCUT2D eigenvalue weighted by Gasteiger charge is -2.36. The van der Waals surface area contributed by atoms with Crippen molar-refractivity contribution < 1.29 is 14.4 Å². The molecule has 0 aromatic carbocycles. The van der Waals surface area contributed by atoms with Gasteiger partial charge in [0.1, 0.15) is 6.04 Å². The summed E-state index contributed by atoms with van der Waals surface area (Å²) in [7, 11) is 0. The Bertz CT molecular complexity index is 476. The maximum atomic E-state index is 12.7. The number of hydrogen-bond acceptors (Lipinski definition) is 3. The van der Waals surface area contributed by atoms with Gasteiger partial charge in [-0.3, -0.25) is 14.4 Å². The van der Waals surface area contributed by atoms with Crippen molar-refractivity contribution in [1.29, 1.82) is 0 Å². The predicted octanol–water partition coefficient (Wildman–Crippen LogP) is 1.79. The largest absolute Gasteiger partial charge is 0.344 e. The van der Waals surface area contributed by atoms with Gasteiger partial charge in [0, 0.05) is 39.0 Å². The van der Waals surface area contributed by atoms with E-state index in [-0.39, 0.29) is 29.6 Å². The predicted molar refractivity (Wildman–Crippen MR) is 96.8 cm³/mol. The average molecular weight is 351 g/mol. The number of carbonyl (C=O) groups is 3. The van der Waals surface area contributed by atoms with Crippen molar-refractivity contribution >= 4 is 17.7 Å². The maximum Gasteiger partial charge on any atom is 0.245 e. The molecule has 2 fully saturated rings. The summed E-state index contributed by atoms with van der Waals surface area (Å²) >= 11 is 0. The monoisotopic (exact) mass is 351 g/mol. The van der Waals surface area contributed by atoms with Gasteiger partial charge in [-0.2, -0.15) is 0 Å². The Morgan fingerprint density at radius 3 is 1.92 bits per heavy atom. The molecule has 3 amide bonds. The van der Waals surface area contributed by atoms with Gasteiger partial charge in [0.15, 0.2) is 0 Å². The Balaban J connectivity index is 1.88. The summed E-state index contributed by atoms with van der Waals surface area (Å²) in [5, 5.41) is 2.76. The molecule has 0 bridgehead atoms. The second-order valence-corrected chi connectivity index (χ2v) is 7.76. The molecule has 142 valence electrons. The van der Waals surface area contributed by atoms with Crippen molar-refractivity contribution in [3.8, 4) is 0 Å². The Morgan fingerprint density at radius 2 is 1.44 bits per heavy atom. The van der Waals surface area contributed by atoms with Crippen LogP contribution in [0.5, 0.6) is 0 Å². The van der Waals surface area contributed by atoms with Crippen molar-refractivity contribution in [3.05, 3.63) is 0 Å². The highest BCUT2D eigenvalue weighted by Crippen LogP contribution is 2.23. The van der Waals surface area contributed by atoms with Crippen LogP contribution in [0.3, 0.4) is 0 Å². The first-order valence-electron chi connectivity index (χ1n) is 9.75. The number of carbonyl (C=O) groups excluding carboxylic acids is 3. The number of likely N-dealkylation sites (tertiary alicyclic amines) is 2. The second kappa shape index (κ2) is 9.20. The molecule has 2 saturated heterocycles. The molecule has 6 heteroatoms. The van der Waals surface area contributed by atoms with Crippen LogP contribution in [0.1, 0.15) is 59.3 Å². The first kappa shape index (κ1) is 19.7. The van der Waals surface area contributed by atoms with E-state index in [4.69, 9.17) is 0 Å². The minimum atomic E-state index is -0.477. The van der Waals surface area contributed by atoms with E-state index in [0.29, 0.717) is 13.1 Å². The van der Waals surface area contributed by atoms with Crippen molar-refractivity contribution in [2.45, 2.75) is 65.3 Å². The molecule has 1 N–H and O–H groups in total. The zero-order valence-corrected chi connectivity index (χ0v) is 15.9. The minimum Gasteiger partial charge on any atom is -0.344 e. The van der Waals surface area contributed by atoms with Gasteiger partial charge >= 0.3 is 0 Å². The third kappa shape index (κ3) is 5.44. The van der Waals surface area contributed by atoms with Crippen LogP contribution in [0.2, 0.25) is 0 Å². The van der Waals surface area contributed by atoms with Crippen LogP contribution in [0.15, 0.2) is 0 Å². The van der Waals surface area contributed by atoms with Crippen LogP contribution in [0.25, 0.3) is 0 Å². The van der Waals surface area contributed by atoms with Gasteiger partial charge in [0.05, 0.1) is 0 Å². The van der Waals surface area contributed by atoms with E-state index in [1.807, 2.05) is 23.6 Å². The molecule has 1 unspecified atom stereocenters. The van der Waals surface area contributed by atoms with Gasteiger partial charge in [0.25, 0.3) is 0 Å². The molecular weight excluding hydrogens is 318 g/mol. The maximum absolute atomic E-state index is 12.7. The van der Waals surface area contributed by atoms with E-state index >= 15 is 0 Å². The van der Waals surface area contributed by atoms with Crippen LogP contribution in [0.4, 0.5) is 0 Å². The average Bonchev–Trinajstić information content (AvgIpc) is 2.87. The number of hydrogen-bond donors (Lipinski definition) is 1. The molecule has 0 aromatic rings. The summed E-state index contributed by atoms with van der Waals surface area (Å²) in [6, 6.07) is -0.477. The van der Waals surface area contributed by atoms with E-state index in [2.05, 4.69) is 5.32 Å². The highest BCUT2D eigenvalue weighted by molar-refractivity contribution is 5.87. The fraction of sp³-hybridized carbons (Fsp3) is 0.842. The Kier molecular flexibility index (Phi) is 7.26. The summed E-state index contributed by atoms with van der Waals surface area (Å²) in [6.45, 7) is 8.29. The minimum absolute atomic E-state index is 0.0223. The fourth-order valence-electron chi connectivity index (χ4n) is 3.83. The summed E-state index contributed by atoms with van der Waals surface area (Å²) in [5.74, 6) is 0.161. The normalized spacial score (nSPS) is 21.0. The molecule has 0 spiro atoms. The number of piperidine rings is 1. The van der Waals surface area contributed by atoms with Gasteiger partial charge in [-0.1, -0.05) is 26.7 Å². The fourth-order valence-corrected chi connectivity index (χ4v) is 3.83. The zero-order valence-electron chi connectivity index (χ0n) is 15.9. The molecule has 2 aliphatic rings. The zero-order chi connectivity index (χ0) is 18.4. The molecule has 0 aromatic heterocycles. The summed E-state index contributed by atoms with van der Waals surface area (Å²) in [6.07, 6.45) is 6.11. The highest BCUT2D eigenvalue weighted by Gasteiger charge is 2.33. The molecule has 0 radical (unpaired) electrons. The lowest BCUT2D eigenvalue weighted by atomic mass is 9.93. The van der Waals surface area contributed by atoms with Gasteiger partial charge in [-0.15, -0.1) is 0 Å². The van der Waals surface area contributed by atoms with E-state index in [1.54, 1.807) is 0 Å². The van der Waals surface area contributed by atoms with Gasteiger partial charge < -0.3 is 15.1 Å². The standard InChI is InChI=1S/C19H33N3O3/c1-14(2)17(20-15(3)23)19(25)22-12-8-16(9-13-22)18(24)21-10-6-4-5-7-11-21/h14,16-17H,4-13H2,1-3H3,(H,20,23). The van der Waals surface area contributed by atoms with Crippen LogP contribution in [-0.2, 0) is 14.4 Å². The van der Waals surface area contributed by atoms with Crippen LogP contribution < -0.4 is 5.32 Å². The molecule has 1 atom stereocenters. The molecule has 0 aliphatic carbocycles. The van der Waals surface area contributed by atoms with Crippen LogP contribution in [-0.4, -0.2) is 59.7 Å². The molecule has 2 aliphatic heterocycles. The van der Waals surface area contributed by atoms with Crippen molar-refractivity contribution in [3.63, 3.8) is 0 Å². The molecule has 2 rings (SSSR count). The van der Waals surface area contributed by atoms with E-state index in [0.717, 1.165) is 38.8 Å². The first-order valence-corrected chi connectivity index (χ1v) is 9.75. The number of amides is 3. The molecule has 2 heterocycles. The summed E-state index contributed by atoms with van der Waals surface area (Å²) in [5.41, 5.74) is 0. The SMILES string of the molecule is CC(=O)NC(C(=O)N1CCC(C(=O)N2CCCCCC2)CC1)C(C)C. The van der Waals surface area contributed by atoms with Crippen molar-refractivity contribution in [2.24, 2.45) is 11.8 Å². The third-order valence-corrected chi connectivity index (χ3v) is 5.37. The van der Waals surface area contributed by atoms with Crippen molar-refractivity contribution in [1.82, 2.24) is 15.1 Å². The summed E-state index contributed by atoms with van der Waals surface area (Å²) in [4.78, 5) is 40.7. The van der Waals surface area contributed by atoms with E-state index in [9.17, 15) is 14.4 Å². The molecule has 0 saturated carbocycles.